The maximum Gasteiger partial charge on any atom is 0.207 e. The molecule has 0 fully saturated rings. The van der Waals surface area contributed by atoms with Gasteiger partial charge in [0.2, 0.25) is 11.5 Å². The van der Waals surface area contributed by atoms with Gasteiger partial charge >= 0.3 is 0 Å². The van der Waals surface area contributed by atoms with E-state index >= 15 is 0 Å². The van der Waals surface area contributed by atoms with Crippen LogP contribution in [0.3, 0.4) is 0 Å². The third-order valence-electron chi connectivity index (χ3n) is 5.05. The van der Waals surface area contributed by atoms with Crippen LogP contribution in [0.4, 0.5) is 0 Å². The number of hydrogen-bond acceptors (Lipinski definition) is 4. The van der Waals surface area contributed by atoms with Gasteiger partial charge in [0.05, 0.1) is 14.2 Å². The first-order valence-electron chi connectivity index (χ1n) is 10.4. The van der Waals surface area contributed by atoms with Gasteiger partial charge < -0.3 is 19.7 Å². The Labute approximate surface area is 170 Å². The fourth-order valence-electron chi connectivity index (χ4n) is 3.58. The lowest BCUT2D eigenvalue weighted by atomic mass is 9.92. The Morgan fingerprint density at radius 1 is 0.893 bits per heavy atom. The Morgan fingerprint density at radius 3 is 1.89 bits per heavy atom. The molecule has 28 heavy (non-hydrogen) atoms. The number of allylic oxidation sites excluding steroid dienone is 3. The highest BCUT2D eigenvalue weighted by atomic mass is 16.5. The molecule has 0 atom stereocenters. The van der Waals surface area contributed by atoms with E-state index in [0.717, 1.165) is 30.4 Å². The van der Waals surface area contributed by atoms with Crippen molar-refractivity contribution in [2.24, 2.45) is 0 Å². The summed E-state index contributed by atoms with van der Waals surface area (Å²) in [6.07, 6.45) is 12.7. The second kappa shape index (κ2) is 12.4. The molecule has 0 heterocycles. The van der Waals surface area contributed by atoms with E-state index in [1.807, 2.05) is 13.0 Å². The van der Waals surface area contributed by atoms with Gasteiger partial charge in [0.25, 0.3) is 0 Å². The Morgan fingerprint density at radius 2 is 1.39 bits per heavy atom. The zero-order valence-corrected chi connectivity index (χ0v) is 18.4. The lowest BCUT2D eigenvalue weighted by molar-refractivity contribution is 0.315. The van der Waals surface area contributed by atoms with Gasteiger partial charge in [-0.2, -0.15) is 0 Å². The highest BCUT2D eigenvalue weighted by Crippen LogP contribution is 2.51. The first-order valence-corrected chi connectivity index (χ1v) is 10.4. The third kappa shape index (κ3) is 6.50. The van der Waals surface area contributed by atoms with Crippen molar-refractivity contribution >= 4 is 5.57 Å². The molecular formula is C24H38O4. The summed E-state index contributed by atoms with van der Waals surface area (Å²) in [5.41, 5.74) is 3.07. The quantitative estimate of drug-likeness (QED) is 0.218. The predicted octanol–water partition coefficient (Wildman–Crippen LogP) is 6.91. The van der Waals surface area contributed by atoms with Crippen LogP contribution < -0.4 is 9.47 Å². The summed E-state index contributed by atoms with van der Waals surface area (Å²) in [5.74, 6) is 0.310. The number of ether oxygens (including phenoxy) is 2. The number of unbranched alkanes of at least 4 members (excludes halogenated alkanes) is 7. The molecule has 1 rings (SSSR count). The van der Waals surface area contributed by atoms with E-state index in [-0.39, 0.29) is 23.0 Å². The summed E-state index contributed by atoms with van der Waals surface area (Å²) in [6, 6.07) is 0. The number of rotatable bonds is 13. The van der Waals surface area contributed by atoms with Crippen molar-refractivity contribution in [3.63, 3.8) is 0 Å². The SMILES string of the molecule is C=C(C)C=C(CCCCCCCCCC)c1c(C)c(O)c(OC)c(OC)c1O. The number of phenols is 2. The molecule has 0 aromatic heterocycles. The maximum absolute atomic E-state index is 10.8. The molecule has 2 N–H and O–H groups in total. The summed E-state index contributed by atoms with van der Waals surface area (Å²) >= 11 is 0. The van der Waals surface area contributed by atoms with E-state index in [2.05, 4.69) is 13.5 Å². The molecule has 0 radical (unpaired) electrons. The maximum atomic E-state index is 10.8. The minimum absolute atomic E-state index is 0.00159. The van der Waals surface area contributed by atoms with E-state index in [0.29, 0.717) is 11.1 Å². The van der Waals surface area contributed by atoms with E-state index in [9.17, 15) is 10.2 Å². The summed E-state index contributed by atoms with van der Waals surface area (Å²) in [4.78, 5) is 0. The zero-order chi connectivity index (χ0) is 21.1. The first kappa shape index (κ1) is 23.9. The second-order valence-electron chi connectivity index (χ2n) is 7.50. The molecule has 0 aliphatic rings. The molecule has 0 spiro atoms. The van der Waals surface area contributed by atoms with Crippen LogP contribution in [0.2, 0.25) is 0 Å². The van der Waals surface area contributed by atoms with Crippen molar-refractivity contribution in [1.29, 1.82) is 0 Å². The van der Waals surface area contributed by atoms with E-state index in [1.54, 1.807) is 6.92 Å². The molecular weight excluding hydrogens is 352 g/mol. The van der Waals surface area contributed by atoms with Gasteiger partial charge in [-0.1, -0.05) is 70.1 Å². The van der Waals surface area contributed by atoms with Crippen molar-refractivity contribution in [3.05, 3.63) is 29.4 Å². The fraction of sp³-hybridized carbons (Fsp3) is 0.583. The Bertz CT molecular complexity index is 674. The molecule has 158 valence electrons. The first-order chi connectivity index (χ1) is 13.4. The Hall–Kier alpha value is -2.10. The smallest absolute Gasteiger partial charge is 0.207 e. The van der Waals surface area contributed by atoms with Crippen LogP contribution in [-0.2, 0) is 0 Å². The number of phenolic OH excluding ortho intramolecular Hbond substituents is 2. The second-order valence-corrected chi connectivity index (χ2v) is 7.50. The van der Waals surface area contributed by atoms with Crippen molar-refractivity contribution in [2.75, 3.05) is 14.2 Å². The third-order valence-corrected chi connectivity index (χ3v) is 5.05. The van der Waals surface area contributed by atoms with Crippen LogP contribution in [0, 0.1) is 6.92 Å². The molecule has 0 saturated carbocycles. The van der Waals surface area contributed by atoms with Crippen molar-refractivity contribution in [3.8, 4) is 23.0 Å². The van der Waals surface area contributed by atoms with E-state index in [1.165, 1.54) is 52.7 Å². The minimum atomic E-state index is -0.00399. The van der Waals surface area contributed by atoms with Gasteiger partial charge in [-0.15, -0.1) is 0 Å². The Balaban J connectivity index is 2.97. The minimum Gasteiger partial charge on any atom is -0.504 e. The summed E-state index contributed by atoms with van der Waals surface area (Å²) in [6.45, 7) is 9.94. The van der Waals surface area contributed by atoms with Crippen LogP contribution in [0.5, 0.6) is 23.0 Å². The van der Waals surface area contributed by atoms with Gasteiger partial charge in [-0.25, -0.2) is 0 Å². The van der Waals surface area contributed by atoms with Crippen molar-refractivity contribution in [2.45, 2.75) is 78.6 Å². The largest absolute Gasteiger partial charge is 0.504 e. The predicted molar refractivity (Wildman–Crippen MR) is 118 cm³/mol. The summed E-state index contributed by atoms with van der Waals surface area (Å²) in [5, 5.41) is 21.4. The van der Waals surface area contributed by atoms with Crippen molar-refractivity contribution < 1.29 is 19.7 Å². The van der Waals surface area contributed by atoms with Crippen molar-refractivity contribution in [1.82, 2.24) is 0 Å². The van der Waals surface area contributed by atoms with Gasteiger partial charge in [-0.05, 0) is 32.3 Å². The number of aromatic hydroxyl groups is 2. The monoisotopic (exact) mass is 390 g/mol. The van der Waals surface area contributed by atoms with Gasteiger partial charge in [0, 0.05) is 11.1 Å². The van der Waals surface area contributed by atoms with Crippen LogP contribution in [-0.4, -0.2) is 24.4 Å². The molecule has 0 amide bonds. The van der Waals surface area contributed by atoms with Crippen LogP contribution in [0.25, 0.3) is 5.57 Å². The molecule has 4 heteroatoms. The van der Waals surface area contributed by atoms with Crippen LogP contribution >= 0.6 is 0 Å². The van der Waals surface area contributed by atoms with Crippen LogP contribution in [0.1, 0.15) is 82.8 Å². The molecule has 4 nitrogen and oxygen atoms in total. The Kier molecular flexibility index (Phi) is 10.6. The molecule has 0 aliphatic carbocycles. The number of benzene rings is 1. The molecule has 0 aliphatic heterocycles. The number of methoxy groups -OCH3 is 2. The van der Waals surface area contributed by atoms with Crippen LogP contribution in [0.15, 0.2) is 18.2 Å². The van der Waals surface area contributed by atoms with E-state index < -0.39 is 0 Å². The number of hydrogen-bond donors (Lipinski definition) is 2. The molecule has 0 saturated heterocycles. The summed E-state index contributed by atoms with van der Waals surface area (Å²) < 4.78 is 10.5. The molecule has 0 unspecified atom stereocenters. The lowest BCUT2D eigenvalue weighted by Gasteiger charge is -2.20. The molecule has 1 aromatic rings. The lowest BCUT2D eigenvalue weighted by Crippen LogP contribution is -1.99. The average molecular weight is 391 g/mol. The highest BCUT2D eigenvalue weighted by molar-refractivity contribution is 5.81. The highest BCUT2D eigenvalue weighted by Gasteiger charge is 2.25. The van der Waals surface area contributed by atoms with E-state index in [4.69, 9.17) is 9.47 Å². The normalized spacial score (nSPS) is 11.5. The van der Waals surface area contributed by atoms with Gasteiger partial charge in [0.15, 0.2) is 11.5 Å². The van der Waals surface area contributed by atoms with Gasteiger partial charge in [-0.3, -0.25) is 0 Å². The fourth-order valence-corrected chi connectivity index (χ4v) is 3.58. The van der Waals surface area contributed by atoms with Gasteiger partial charge in [0.1, 0.15) is 0 Å². The molecule has 0 bridgehead atoms. The standard InChI is InChI=1S/C24H38O4/c1-7-8-9-10-11-12-13-14-15-19(16-17(2)3)20-18(4)21(25)23(27-5)24(28-6)22(20)26/h16,25-26H,2,7-15H2,1,3-6H3. The zero-order valence-electron chi connectivity index (χ0n) is 18.4. The molecule has 1 aromatic carbocycles. The average Bonchev–Trinajstić information content (AvgIpc) is 2.65. The topological polar surface area (TPSA) is 58.9 Å². The summed E-state index contributed by atoms with van der Waals surface area (Å²) in [7, 11) is 2.90.